The van der Waals surface area contributed by atoms with Gasteiger partial charge in [-0.15, -0.1) is 0 Å². The van der Waals surface area contributed by atoms with Gasteiger partial charge in [0.25, 0.3) is 0 Å². The lowest BCUT2D eigenvalue weighted by Crippen LogP contribution is -2.51. The van der Waals surface area contributed by atoms with Gasteiger partial charge < -0.3 is 14.8 Å². The highest BCUT2D eigenvalue weighted by atomic mass is 32.1. The molecule has 0 unspecified atom stereocenters. The second-order valence-electron chi connectivity index (χ2n) is 7.24. The van der Waals surface area contributed by atoms with E-state index in [1.165, 1.54) is 0 Å². The van der Waals surface area contributed by atoms with Crippen molar-refractivity contribution in [3.05, 3.63) is 42.4 Å². The van der Waals surface area contributed by atoms with Gasteiger partial charge in [-0.3, -0.25) is 4.79 Å². The second kappa shape index (κ2) is 8.27. The van der Waals surface area contributed by atoms with Crippen LogP contribution in [0.4, 0.5) is 0 Å². The summed E-state index contributed by atoms with van der Waals surface area (Å²) in [5, 5.41) is 3.08. The van der Waals surface area contributed by atoms with E-state index in [0.29, 0.717) is 18.2 Å². The molecule has 140 valence electrons. The van der Waals surface area contributed by atoms with Crippen LogP contribution in [0.2, 0.25) is 0 Å². The number of thiol groups is 1. The van der Waals surface area contributed by atoms with Gasteiger partial charge in [0.1, 0.15) is 5.82 Å². The Morgan fingerprint density at radius 3 is 2.65 bits per heavy atom. The van der Waals surface area contributed by atoms with E-state index in [1.807, 2.05) is 30.1 Å². The molecule has 0 saturated carbocycles. The number of carbonyl (C=O) groups is 1. The van der Waals surface area contributed by atoms with Crippen molar-refractivity contribution in [2.75, 3.05) is 19.3 Å². The molecule has 6 heteroatoms. The molecule has 2 atom stereocenters. The minimum Gasteiger partial charge on any atom is -0.331 e. The zero-order valence-electron chi connectivity index (χ0n) is 15.7. The SMILES string of the molecule is CN[C@@H](CS)C(=O)N1CCn2cc(-c3ccccc3)nc2[C@H]1CC(C)C. The van der Waals surface area contributed by atoms with Crippen molar-refractivity contribution in [2.45, 2.75) is 38.9 Å². The molecule has 1 aromatic heterocycles. The Morgan fingerprint density at radius 2 is 2.04 bits per heavy atom. The highest BCUT2D eigenvalue weighted by Gasteiger charge is 2.35. The summed E-state index contributed by atoms with van der Waals surface area (Å²) < 4.78 is 2.22. The van der Waals surface area contributed by atoms with Gasteiger partial charge in [0.15, 0.2) is 0 Å². The molecule has 1 N–H and O–H groups in total. The summed E-state index contributed by atoms with van der Waals surface area (Å²) in [5.41, 5.74) is 2.09. The van der Waals surface area contributed by atoms with Crippen molar-refractivity contribution in [3.63, 3.8) is 0 Å². The summed E-state index contributed by atoms with van der Waals surface area (Å²) in [5.74, 6) is 2.07. The maximum Gasteiger partial charge on any atom is 0.241 e. The summed E-state index contributed by atoms with van der Waals surface area (Å²) in [4.78, 5) is 19.9. The van der Waals surface area contributed by atoms with E-state index < -0.39 is 0 Å². The third-order valence-corrected chi connectivity index (χ3v) is 5.31. The number of hydrogen-bond donors (Lipinski definition) is 2. The maximum absolute atomic E-state index is 13.0. The highest BCUT2D eigenvalue weighted by Crippen LogP contribution is 2.33. The van der Waals surface area contributed by atoms with Crippen LogP contribution in [0.1, 0.15) is 32.1 Å². The fourth-order valence-electron chi connectivity index (χ4n) is 3.57. The minimum absolute atomic E-state index is 0.00412. The lowest BCUT2D eigenvalue weighted by atomic mass is 9.99. The third-order valence-electron chi connectivity index (χ3n) is 4.94. The molecule has 2 aromatic rings. The first-order chi connectivity index (χ1) is 12.5. The van der Waals surface area contributed by atoms with Crippen LogP contribution in [0, 0.1) is 5.92 Å². The van der Waals surface area contributed by atoms with E-state index in [2.05, 4.69) is 54.7 Å². The van der Waals surface area contributed by atoms with Crippen LogP contribution < -0.4 is 5.32 Å². The number of likely N-dealkylation sites (N-methyl/N-ethyl adjacent to an activating group) is 1. The Hall–Kier alpha value is -1.79. The quantitative estimate of drug-likeness (QED) is 0.767. The average Bonchev–Trinajstić information content (AvgIpc) is 3.08. The number of fused-ring (bicyclic) bond motifs is 1. The molecule has 0 fully saturated rings. The lowest BCUT2D eigenvalue weighted by Gasteiger charge is -2.38. The van der Waals surface area contributed by atoms with Crippen LogP contribution in [0.5, 0.6) is 0 Å². The van der Waals surface area contributed by atoms with E-state index in [-0.39, 0.29) is 18.0 Å². The van der Waals surface area contributed by atoms with Gasteiger partial charge >= 0.3 is 0 Å². The van der Waals surface area contributed by atoms with Crippen molar-refractivity contribution < 1.29 is 4.79 Å². The second-order valence-corrected chi connectivity index (χ2v) is 7.61. The fourth-order valence-corrected chi connectivity index (χ4v) is 3.91. The molecule has 0 radical (unpaired) electrons. The Labute approximate surface area is 161 Å². The number of benzene rings is 1. The fraction of sp³-hybridized carbons (Fsp3) is 0.500. The van der Waals surface area contributed by atoms with Crippen molar-refractivity contribution >= 4 is 18.5 Å². The minimum atomic E-state index is -0.261. The van der Waals surface area contributed by atoms with Gasteiger partial charge in [-0.25, -0.2) is 4.98 Å². The molecule has 2 heterocycles. The van der Waals surface area contributed by atoms with Gasteiger partial charge in [-0.05, 0) is 19.4 Å². The standard InChI is InChI=1S/C20H28N4OS/c1-14(2)11-18-19-22-16(15-7-5-4-6-8-15)12-23(19)9-10-24(18)20(25)17(13-26)21-3/h4-8,12,14,17-18,21,26H,9-11,13H2,1-3H3/t17-,18+/m0/s1. The van der Waals surface area contributed by atoms with Crippen LogP contribution in [-0.4, -0.2) is 45.7 Å². The summed E-state index contributed by atoms with van der Waals surface area (Å²) in [6.07, 6.45) is 3.02. The summed E-state index contributed by atoms with van der Waals surface area (Å²) in [6, 6.07) is 9.96. The van der Waals surface area contributed by atoms with Crippen molar-refractivity contribution in [1.29, 1.82) is 0 Å². The van der Waals surface area contributed by atoms with Gasteiger partial charge in [0, 0.05) is 30.6 Å². The van der Waals surface area contributed by atoms with E-state index in [4.69, 9.17) is 4.98 Å². The van der Waals surface area contributed by atoms with Crippen LogP contribution in [0.25, 0.3) is 11.3 Å². The monoisotopic (exact) mass is 372 g/mol. The molecule has 5 nitrogen and oxygen atoms in total. The predicted molar refractivity (Wildman–Crippen MR) is 108 cm³/mol. The summed E-state index contributed by atoms with van der Waals surface area (Å²) in [7, 11) is 1.81. The number of aromatic nitrogens is 2. The molecule has 0 aliphatic carbocycles. The average molecular weight is 373 g/mol. The first-order valence-corrected chi connectivity index (χ1v) is 9.89. The molecular weight excluding hydrogens is 344 g/mol. The van der Waals surface area contributed by atoms with Gasteiger partial charge in [0.2, 0.25) is 5.91 Å². The summed E-state index contributed by atoms with van der Waals surface area (Å²) >= 11 is 4.33. The number of nitrogens with one attached hydrogen (secondary N) is 1. The number of nitrogens with zero attached hydrogens (tertiary/aromatic N) is 3. The third kappa shape index (κ3) is 3.81. The largest absolute Gasteiger partial charge is 0.331 e. The zero-order valence-corrected chi connectivity index (χ0v) is 16.6. The maximum atomic E-state index is 13.0. The van der Waals surface area contributed by atoms with Crippen LogP contribution in [-0.2, 0) is 11.3 Å². The molecule has 0 spiro atoms. The molecule has 1 aromatic carbocycles. The number of amides is 1. The molecule has 0 saturated heterocycles. The zero-order chi connectivity index (χ0) is 18.7. The summed E-state index contributed by atoms with van der Waals surface area (Å²) in [6.45, 7) is 5.87. The van der Waals surface area contributed by atoms with Crippen molar-refractivity contribution in [1.82, 2.24) is 19.8 Å². The van der Waals surface area contributed by atoms with E-state index >= 15 is 0 Å². The van der Waals surface area contributed by atoms with E-state index in [1.54, 1.807) is 0 Å². The van der Waals surface area contributed by atoms with Crippen LogP contribution in [0.3, 0.4) is 0 Å². The molecule has 1 aliphatic heterocycles. The van der Waals surface area contributed by atoms with E-state index in [9.17, 15) is 4.79 Å². The molecule has 1 amide bonds. The van der Waals surface area contributed by atoms with Gasteiger partial charge in [-0.2, -0.15) is 12.6 Å². The number of hydrogen-bond acceptors (Lipinski definition) is 4. The predicted octanol–water partition coefficient (Wildman–Crippen LogP) is 3.00. The highest BCUT2D eigenvalue weighted by molar-refractivity contribution is 7.80. The first-order valence-electron chi connectivity index (χ1n) is 9.26. The molecule has 0 bridgehead atoms. The molecule has 3 rings (SSSR count). The van der Waals surface area contributed by atoms with E-state index in [0.717, 1.165) is 30.0 Å². The Bertz CT molecular complexity index is 740. The molecule has 1 aliphatic rings. The Balaban J connectivity index is 1.95. The smallest absolute Gasteiger partial charge is 0.241 e. The lowest BCUT2D eigenvalue weighted by molar-refractivity contribution is -0.137. The first kappa shape index (κ1) is 19.0. The van der Waals surface area contributed by atoms with Gasteiger partial charge in [0.05, 0.1) is 17.8 Å². The number of carbonyl (C=O) groups excluding carboxylic acids is 1. The van der Waals surface area contributed by atoms with Crippen molar-refractivity contribution in [3.8, 4) is 11.3 Å². The topological polar surface area (TPSA) is 50.2 Å². The molecular formula is C20H28N4OS. The normalized spacial score (nSPS) is 18.0. The van der Waals surface area contributed by atoms with Crippen molar-refractivity contribution in [2.24, 2.45) is 5.92 Å². The number of imidazole rings is 1. The van der Waals surface area contributed by atoms with Crippen LogP contribution in [0.15, 0.2) is 36.5 Å². The molecule has 26 heavy (non-hydrogen) atoms. The number of rotatable bonds is 6. The van der Waals surface area contributed by atoms with Gasteiger partial charge in [-0.1, -0.05) is 44.2 Å². The van der Waals surface area contributed by atoms with Crippen LogP contribution >= 0.6 is 12.6 Å². The Morgan fingerprint density at radius 1 is 1.31 bits per heavy atom. The Kier molecular flexibility index (Phi) is 6.04.